The number of hydrogen-bond acceptors (Lipinski definition) is 4. The number of piperidine rings is 1. The van der Waals surface area contributed by atoms with E-state index < -0.39 is 17.8 Å². The monoisotopic (exact) mass is 443 g/mol. The normalized spacial score (nSPS) is 32.3. The second-order valence-corrected chi connectivity index (χ2v) is 8.23. The molecule has 8 heteroatoms. The molecule has 2 unspecified atom stereocenters. The molecule has 3 heterocycles. The van der Waals surface area contributed by atoms with E-state index in [4.69, 9.17) is 16.3 Å². The van der Waals surface area contributed by atoms with Gasteiger partial charge in [-0.3, -0.25) is 0 Å². The summed E-state index contributed by atoms with van der Waals surface area (Å²) in [6, 6.07) is -0.127. The van der Waals surface area contributed by atoms with Crippen LogP contribution >= 0.6 is 45.5 Å². The van der Waals surface area contributed by atoms with Crippen LogP contribution in [0.15, 0.2) is 0 Å². The fraction of sp³-hybridized carbons (Fsp3) is 0.615. The highest BCUT2D eigenvalue weighted by Gasteiger charge is 2.48. The molecule has 2 aliphatic rings. The molecule has 1 amide bonds. The average Bonchev–Trinajstić information content (AvgIpc) is 2.72. The van der Waals surface area contributed by atoms with Crippen LogP contribution in [0.5, 0.6) is 0 Å². The van der Waals surface area contributed by atoms with Crippen molar-refractivity contribution in [1.29, 1.82) is 0 Å². The highest BCUT2D eigenvalue weighted by Crippen LogP contribution is 2.52. The number of hydrogen-bond donors (Lipinski definition) is 2. The molecule has 21 heavy (non-hydrogen) atoms. The van der Waals surface area contributed by atoms with Crippen molar-refractivity contribution in [3.05, 3.63) is 18.3 Å². The van der Waals surface area contributed by atoms with Crippen LogP contribution in [0, 0.1) is 3.57 Å². The largest absolute Gasteiger partial charge is 0.465 e. The maximum Gasteiger partial charge on any atom is 0.407 e. The first kappa shape index (κ1) is 15.8. The number of ether oxygens (including phenoxy) is 1. The van der Waals surface area contributed by atoms with Crippen LogP contribution in [0.3, 0.4) is 0 Å². The maximum atomic E-state index is 11.2. The number of carboxylic acid groups (broad SMARTS) is 1. The summed E-state index contributed by atoms with van der Waals surface area (Å²) in [5.74, 6) is 0. The summed E-state index contributed by atoms with van der Waals surface area (Å²) in [5, 5.41) is 19.4. The van der Waals surface area contributed by atoms with Crippen LogP contribution < -0.4 is 0 Å². The van der Waals surface area contributed by atoms with E-state index in [1.807, 2.05) is 6.92 Å². The fourth-order valence-corrected chi connectivity index (χ4v) is 5.88. The summed E-state index contributed by atoms with van der Waals surface area (Å²) in [4.78, 5) is 13.6. The number of rotatable bonds is 0. The molecule has 116 valence electrons. The lowest BCUT2D eigenvalue weighted by Crippen LogP contribution is -2.52. The van der Waals surface area contributed by atoms with E-state index in [1.165, 1.54) is 16.2 Å². The molecule has 1 aromatic heterocycles. The minimum atomic E-state index is -0.896. The number of aliphatic hydroxyl groups is 1. The maximum absolute atomic E-state index is 11.2. The molecular weight excluding hydrogens is 429 g/mol. The Kier molecular flexibility index (Phi) is 4.15. The van der Waals surface area contributed by atoms with Gasteiger partial charge in [0.05, 0.1) is 6.61 Å². The van der Waals surface area contributed by atoms with Gasteiger partial charge in [0.2, 0.25) is 0 Å². The summed E-state index contributed by atoms with van der Waals surface area (Å²) >= 11 is 9.84. The van der Waals surface area contributed by atoms with Crippen molar-refractivity contribution >= 4 is 51.6 Å². The van der Waals surface area contributed by atoms with Gasteiger partial charge in [-0.05, 0) is 35.9 Å². The zero-order chi connectivity index (χ0) is 15.4. The highest BCUT2D eigenvalue weighted by atomic mass is 127. The van der Waals surface area contributed by atoms with E-state index in [2.05, 4.69) is 22.6 Å². The molecule has 2 aliphatic heterocycles. The summed E-state index contributed by atoms with van der Waals surface area (Å²) in [6.45, 7) is 2.55. The molecular formula is C13H15ClINO4S. The summed E-state index contributed by atoms with van der Waals surface area (Å²) in [6.07, 6.45) is -0.372. The first-order chi connectivity index (χ1) is 9.85. The van der Waals surface area contributed by atoms with Crippen molar-refractivity contribution in [3.8, 4) is 0 Å². The van der Waals surface area contributed by atoms with Gasteiger partial charge in [0.25, 0.3) is 0 Å². The van der Waals surface area contributed by atoms with Crippen LogP contribution in [0.25, 0.3) is 0 Å². The van der Waals surface area contributed by atoms with E-state index >= 15 is 0 Å². The minimum Gasteiger partial charge on any atom is -0.465 e. The quantitative estimate of drug-likeness (QED) is 0.603. The van der Waals surface area contributed by atoms with Crippen LogP contribution in [0.2, 0.25) is 4.34 Å². The Bertz CT molecular complexity index is 595. The molecule has 0 saturated carbocycles. The zero-order valence-electron chi connectivity index (χ0n) is 11.3. The van der Waals surface area contributed by atoms with Gasteiger partial charge < -0.3 is 19.8 Å². The Morgan fingerprint density at radius 2 is 2.33 bits per heavy atom. The number of carbonyl (C=O) groups is 1. The molecule has 2 N–H and O–H groups in total. The van der Waals surface area contributed by atoms with E-state index in [0.29, 0.717) is 23.7 Å². The predicted molar refractivity (Wildman–Crippen MR) is 88.1 cm³/mol. The van der Waals surface area contributed by atoms with Gasteiger partial charge in [0.15, 0.2) is 0 Å². The third kappa shape index (κ3) is 2.46. The van der Waals surface area contributed by atoms with Crippen molar-refractivity contribution < 1.29 is 19.7 Å². The molecule has 0 aliphatic carbocycles. The number of halogens is 2. The van der Waals surface area contributed by atoms with Gasteiger partial charge >= 0.3 is 6.09 Å². The first-order valence-corrected chi connectivity index (χ1v) is 8.93. The van der Waals surface area contributed by atoms with Gasteiger partial charge in [-0.1, -0.05) is 11.6 Å². The Morgan fingerprint density at radius 3 is 2.95 bits per heavy atom. The van der Waals surface area contributed by atoms with Gasteiger partial charge in [-0.25, -0.2) is 4.79 Å². The SMILES string of the molecule is C[C@H]1CC2(CCN1C(=O)O)OCC(O)c1c2sc(Cl)c1I. The van der Waals surface area contributed by atoms with E-state index in [9.17, 15) is 15.0 Å². The second-order valence-electron chi connectivity index (χ2n) is 5.53. The summed E-state index contributed by atoms with van der Waals surface area (Å²) in [7, 11) is 0. The minimum absolute atomic E-state index is 0.127. The molecule has 1 saturated heterocycles. The number of amides is 1. The van der Waals surface area contributed by atoms with Crippen molar-refractivity contribution in [2.45, 2.75) is 37.5 Å². The molecule has 3 atom stereocenters. The van der Waals surface area contributed by atoms with Gasteiger partial charge in [0.1, 0.15) is 16.0 Å². The molecule has 0 bridgehead atoms. The van der Waals surface area contributed by atoms with Gasteiger partial charge in [-0.15, -0.1) is 11.3 Å². The third-order valence-electron chi connectivity index (χ3n) is 4.27. The van der Waals surface area contributed by atoms with Crippen molar-refractivity contribution in [1.82, 2.24) is 4.90 Å². The Hall–Kier alpha value is -0.0900. The number of aliphatic hydroxyl groups excluding tert-OH is 1. The lowest BCUT2D eigenvalue weighted by Gasteiger charge is -2.46. The first-order valence-electron chi connectivity index (χ1n) is 6.65. The molecule has 0 aromatic carbocycles. The highest BCUT2D eigenvalue weighted by molar-refractivity contribution is 14.1. The average molecular weight is 444 g/mol. The fourth-order valence-electron chi connectivity index (χ4n) is 3.25. The lowest BCUT2D eigenvalue weighted by atomic mass is 9.82. The molecule has 1 spiro atoms. The second kappa shape index (κ2) is 5.52. The van der Waals surface area contributed by atoms with Crippen LogP contribution in [0.1, 0.15) is 36.3 Å². The zero-order valence-corrected chi connectivity index (χ0v) is 15.0. The van der Waals surface area contributed by atoms with Crippen LogP contribution in [0.4, 0.5) is 4.79 Å². The Balaban J connectivity index is 2.00. The Morgan fingerprint density at radius 1 is 1.62 bits per heavy atom. The standard InChI is InChI=1S/C13H15ClINO4S/c1-6-4-13(2-3-16(6)12(18)19)10-8(7(17)5-20-13)9(15)11(14)21-10/h6-7,17H,2-5H2,1H3,(H,18,19)/t6-,7?,13?/m0/s1. The Labute approximate surface area is 145 Å². The third-order valence-corrected chi connectivity index (χ3v) is 7.67. The molecule has 1 fully saturated rings. The topological polar surface area (TPSA) is 70.0 Å². The van der Waals surface area contributed by atoms with Crippen molar-refractivity contribution in [3.63, 3.8) is 0 Å². The molecule has 0 radical (unpaired) electrons. The smallest absolute Gasteiger partial charge is 0.407 e. The number of likely N-dealkylation sites (tertiary alicyclic amines) is 1. The van der Waals surface area contributed by atoms with Crippen molar-refractivity contribution in [2.24, 2.45) is 0 Å². The molecule has 5 nitrogen and oxygen atoms in total. The van der Waals surface area contributed by atoms with E-state index in [-0.39, 0.29) is 12.6 Å². The molecule has 1 aromatic rings. The summed E-state index contributed by atoms with van der Waals surface area (Å²) < 4.78 is 7.54. The van der Waals surface area contributed by atoms with Crippen LogP contribution in [-0.4, -0.2) is 40.4 Å². The van der Waals surface area contributed by atoms with Gasteiger partial charge in [-0.2, -0.15) is 0 Å². The van der Waals surface area contributed by atoms with E-state index in [1.54, 1.807) is 0 Å². The number of fused-ring (bicyclic) bond motifs is 2. The van der Waals surface area contributed by atoms with E-state index in [0.717, 1.165) is 14.0 Å². The predicted octanol–water partition coefficient (Wildman–Crippen LogP) is 3.43. The van der Waals surface area contributed by atoms with Gasteiger partial charge in [0, 0.05) is 33.0 Å². The molecule has 3 rings (SSSR count). The lowest BCUT2D eigenvalue weighted by molar-refractivity contribution is -0.134. The van der Waals surface area contributed by atoms with Crippen molar-refractivity contribution in [2.75, 3.05) is 13.2 Å². The number of nitrogens with zero attached hydrogens (tertiary/aromatic N) is 1. The summed E-state index contributed by atoms with van der Waals surface area (Å²) in [5.41, 5.74) is 0.352. The van der Waals surface area contributed by atoms with Crippen LogP contribution in [-0.2, 0) is 10.3 Å². The number of thiophene rings is 1.